The second kappa shape index (κ2) is 12.4. The third kappa shape index (κ3) is 8.03. The third-order valence-corrected chi connectivity index (χ3v) is 7.60. The van der Waals surface area contributed by atoms with Gasteiger partial charge in [0, 0.05) is 25.1 Å². The number of nitrogens with two attached hydrogens (primary N) is 1. The highest BCUT2D eigenvalue weighted by atomic mass is 79.9. The summed E-state index contributed by atoms with van der Waals surface area (Å²) in [4.78, 5) is 23.5. The van der Waals surface area contributed by atoms with Gasteiger partial charge in [0.15, 0.2) is 5.78 Å². The molecule has 2 aromatic rings. The van der Waals surface area contributed by atoms with Gasteiger partial charge in [0.25, 0.3) is 0 Å². The van der Waals surface area contributed by atoms with Crippen molar-refractivity contribution in [3.05, 3.63) is 65.7 Å². The van der Waals surface area contributed by atoms with Gasteiger partial charge < -0.3 is 10.8 Å². The molecule has 2 aromatic carbocycles. The number of sulfonamides is 1. The van der Waals surface area contributed by atoms with Crippen molar-refractivity contribution in [3.8, 4) is 0 Å². The number of carbonyl (C=O) groups is 2. The van der Waals surface area contributed by atoms with Gasteiger partial charge in [0.1, 0.15) is 0 Å². The number of primary amides is 1. The monoisotopic (exact) mass is 538 g/mol. The fourth-order valence-electron chi connectivity index (χ4n) is 3.59. The van der Waals surface area contributed by atoms with Crippen molar-refractivity contribution in [2.45, 2.75) is 37.7 Å². The Kier molecular flexibility index (Phi) is 10.2. The Labute approximate surface area is 204 Å². The molecule has 7 nitrogen and oxygen atoms in total. The van der Waals surface area contributed by atoms with Crippen LogP contribution in [0.1, 0.15) is 36.2 Å². The summed E-state index contributed by atoms with van der Waals surface area (Å²) in [6.45, 7) is 3.79. The lowest BCUT2D eigenvalue weighted by molar-refractivity contribution is -0.119. The zero-order valence-corrected chi connectivity index (χ0v) is 21.3. The van der Waals surface area contributed by atoms with E-state index in [0.717, 1.165) is 5.56 Å². The van der Waals surface area contributed by atoms with Gasteiger partial charge >= 0.3 is 0 Å². The molecule has 33 heavy (non-hydrogen) atoms. The fraction of sp³-hybridized carbons (Fsp3) is 0.417. The van der Waals surface area contributed by atoms with E-state index in [2.05, 4.69) is 15.9 Å². The van der Waals surface area contributed by atoms with Crippen molar-refractivity contribution in [1.82, 2.24) is 4.31 Å². The van der Waals surface area contributed by atoms with Crippen LogP contribution < -0.4 is 5.73 Å². The first-order valence-electron chi connectivity index (χ1n) is 10.7. The largest absolute Gasteiger partial charge is 0.391 e. The summed E-state index contributed by atoms with van der Waals surface area (Å²) in [5.74, 6) is -1.23. The summed E-state index contributed by atoms with van der Waals surface area (Å²) in [7, 11) is -3.94. The van der Waals surface area contributed by atoms with Gasteiger partial charge in [-0.15, -0.1) is 0 Å². The number of hydrogen-bond donors (Lipinski definition) is 2. The van der Waals surface area contributed by atoms with Gasteiger partial charge in [-0.1, -0.05) is 72.2 Å². The highest BCUT2D eigenvalue weighted by molar-refractivity contribution is 9.09. The summed E-state index contributed by atoms with van der Waals surface area (Å²) >= 11 is 3.10. The number of hydrogen-bond acceptors (Lipinski definition) is 5. The lowest BCUT2D eigenvalue weighted by Gasteiger charge is -2.30. The van der Waals surface area contributed by atoms with Crippen LogP contribution in [0.25, 0.3) is 0 Å². The second-order valence-corrected chi connectivity index (χ2v) is 11.0. The van der Waals surface area contributed by atoms with Gasteiger partial charge in [-0.25, -0.2) is 8.42 Å². The number of nitrogens with zero attached hydrogens (tertiary/aromatic N) is 1. The molecule has 0 saturated carbocycles. The van der Waals surface area contributed by atoms with Crippen LogP contribution in [0.4, 0.5) is 0 Å². The third-order valence-electron chi connectivity index (χ3n) is 5.24. The van der Waals surface area contributed by atoms with Crippen molar-refractivity contribution in [3.63, 3.8) is 0 Å². The minimum absolute atomic E-state index is 0.00457. The lowest BCUT2D eigenvalue weighted by Crippen LogP contribution is -2.43. The molecule has 0 aliphatic heterocycles. The molecule has 1 amide bonds. The van der Waals surface area contributed by atoms with Crippen LogP contribution in [0.15, 0.2) is 59.5 Å². The molecule has 180 valence electrons. The summed E-state index contributed by atoms with van der Waals surface area (Å²) in [5.41, 5.74) is 6.74. The van der Waals surface area contributed by atoms with Gasteiger partial charge in [0.05, 0.1) is 16.3 Å². The molecule has 0 radical (unpaired) electrons. The normalized spacial score (nSPS) is 13.8. The first-order chi connectivity index (χ1) is 15.5. The van der Waals surface area contributed by atoms with Crippen molar-refractivity contribution < 1.29 is 23.1 Å². The SMILES string of the molecule is CC(C)CN(C[C@H](O)[C@H](CC(N)=O)Cc1ccccc1)S(=O)(=O)c1ccc(C(=O)CBr)cc1. The molecule has 0 unspecified atom stereocenters. The number of carbonyl (C=O) groups excluding carboxylic acids is 2. The minimum atomic E-state index is -3.94. The van der Waals surface area contributed by atoms with Crippen molar-refractivity contribution in [2.24, 2.45) is 17.6 Å². The predicted octanol–water partition coefficient (Wildman–Crippen LogP) is 3.01. The predicted molar refractivity (Wildman–Crippen MR) is 132 cm³/mol. The van der Waals surface area contributed by atoms with Crippen LogP contribution in [0.5, 0.6) is 0 Å². The smallest absolute Gasteiger partial charge is 0.243 e. The Balaban J connectivity index is 2.29. The Hall–Kier alpha value is -2.07. The Bertz CT molecular complexity index is 1030. The van der Waals surface area contributed by atoms with E-state index in [-0.39, 0.29) is 41.4 Å². The highest BCUT2D eigenvalue weighted by Crippen LogP contribution is 2.23. The number of ketones is 1. The summed E-state index contributed by atoms with van der Waals surface area (Å²) in [5, 5.41) is 11.1. The number of aliphatic hydroxyl groups excluding tert-OH is 1. The summed E-state index contributed by atoms with van der Waals surface area (Å²) in [6, 6.07) is 15.1. The second-order valence-electron chi connectivity index (χ2n) is 8.48. The summed E-state index contributed by atoms with van der Waals surface area (Å²) in [6.07, 6.45) is -0.765. The van der Waals surface area contributed by atoms with E-state index >= 15 is 0 Å². The molecule has 0 spiro atoms. The topological polar surface area (TPSA) is 118 Å². The number of halogens is 1. The molecule has 2 rings (SSSR count). The highest BCUT2D eigenvalue weighted by Gasteiger charge is 2.31. The average molecular weight is 539 g/mol. The van der Waals surface area contributed by atoms with Crippen molar-refractivity contribution in [1.29, 1.82) is 0 Å². The maximum absolute atomic E-state index is 13.4. The van der Waals surface area contributed by atoms with Crippen LogP contribution in [0.3, 0.4) is 0 Å². The molecule has 0 bridgehead atoms. The van der Waals surface area contributed by atoms with Crippen LogP contribution in [0.2, 0.25) is 0 Å². The maximum atomic E-state index is 13.4. The first-order valence-corrected chi connectivity index (χ1v) is 13.3. The van der Waals surface area contributed by atoms with Crippen LogP contribution in [0, 0.1) is 11.8 Å². The first kappa shape index (κ1) is 27.2. The van der Waals surface area contributed by atoms with Crippen molar-refractivity contribution >= 4 is 37.6 Å². The van der Waals surface area contributed by atoms with E-state index < -0.39 is 28.0 Å². The zero-order valence-electron chi connectivity index (χ0n) is 18.9. The quantitative estimate of drug-likeness (QED) is 0.300. The molecule has 0 saturated heterocycles. The molecular formula is C24H31BrN2O5S. The molecule has 0 aliphatic rings. The molecule has 0 fully saturated rings. The van der Waals surface area contributed by atoms with E-state index in [9.17, 15) is 23.1 Å². The molecule has 3 N–H and O–H groups in total. The molecule has 2 atom stereocenters. The van der Waals surface area contributed by atoms with E-state index in [1.807, 2.05) is 44.2 Å². The number of benzene rings is 2. The van der Waals surface area contributed by atoms with E-state index in [4.69, 9.17) is 5.73 Å². The van der Waals surface area contributed by atoms with E-state index in [1.165, 1.54) is 28.6 Å². The molecule has 9 heteroatoms. The van der Waals surface area contributed by atoms with Gasteiger partial charge in [0.2, 0.25) is 15.9 Å². The van der Waals surface area contributed by atoms with E-state index in [1.54, 1.807) is 0 Å². The van der Waals surface area contributed by atoms with Gasteiger partial charge in [-0.2, -0.15) is 4.31 Å². The Morgan fingerprint density at radius 2 is 1.64 bits per heavy atom. The maximum Gasteiger partial charge on any atom is 0.243 e. The lowest BCUT2D eigenvalue weighted by atomic mass is 9.90. The number of rotatable bonds is 13. The number of amides is 1. The zero-order chi connectivity index (χ0) is 24.6. The molecule has 0 heterocycles. The number of aliphatic hydroxyl groups is 1. The standard InChI is InChI=1S/C24H31BrN2O5S/c1-17(2)15-27(33(31,32)21-10-8-19(9-11-21)22(28)14-25)16-23(29)20(13-24(26)30)12-18-6-4-3-5-7-18/h3-11,17,20,23,29H,12-16H2,1-2H3,(H2,26,30)/t20-,23-/m0/s1. The minimum Gasteiger partial charge on any atom is -0.391 e. The van der Waals surface area contributed by atoms with Gasteiger partial charge in [-0.05, 0) is 36.0 Å². The number of alkyl halides is 1. The van der Waals surface area contributed by atoms with Gasteiger partial charge in [-0.3, -0.25) is 9.59 Å². The average Bonchev–Trinajstić information content (AvgIpc) is 2.77. The Morgan fingerprint density at radius 1 is 1.03 bits per heavy atom. The van der Waals surface area contributed by atoms with E-state index in [0.29, 0.717) is 12.0 Å². The number of Topliss-reactive ketones (excluding diaryl/α,β-unsaturated/α-hetero) is 1. The summed E-state index contributed by atoms with van der Waals surface area (Å²) < 4.78 is 28.0. The molecule has 0 aromatic heterocycles. The van der Waals surface area contributed by atoms with Crippen molar-refractivity contribution in [2.75, 3.05) is 18.4 Å². The molecular weight excluding hydrogens is 508 g/mol. The van der Waals surface area contributed by atoms with Crippen LogP contribution >= 0.6 is 15.9 Å². The van der Waals surface area contributed by atoms with Crippen LogP contribution in [-0.2, 0) is 21.2 Å². The fourth-order valence-corrected chi connectivity index (χ4v) is 5.54. The molecule has 0 aliphatic carbocycles. The Morgan fingerprint density at radius 3 is 2.15 bits per heavy atom. The van der Waals surface area contributed by atoms with Crippen LogP contribution in [-0.4, -0.2) is 54.0 Å².